The SMILES string of the molecule is CNC(=O)c1c(NC(=O)c2cccc(Oc3ccccc3)c2)sc(C)c1C. The molecule has 0 aliphatic carbocycles. The molecule has 0 aliphatic heterocycles. The van der Waals surface area contributed by atoms with E-state index in [2.05, 4.69) is 10.6 Å². The highest BCUT2D eigenvalue weighted by Gasteiger charge is 2.20. The van der Waals surface area contributed by atoms with E-state index in [1.54, 1.807) is 31.3 Å². The summed E-state index contributed by atoms with van der Waals surface area (Å²) < 4.78 is 5.78. The molecule has 0 fully saturated rings. The van der Waals surface area contributed by atoms with Crippen LogP contribution < -0.4 is 15.4 Å². The van der Waals surface area contributed by atoms with Crippen LogP contribution in [0.3, 0.4) is 0 Å². The van der Waals surface area contributed by atoms with Crippen molar-refractivity contribution in [2.24, 2.45) is 0 Å². The Kier molecular flexibility index (Phi) is 5.57. The zero-order chi connectivity index (χ0) is 19.4. The van der Waals surface area contributed by atoms with Crippen molar-refractivity contribution in [2.45, 2.75) is 13.8 Å². The number of hydrogen-bond donors (Lipinski definition) is 2. The van der Waals surface area contributed by atoms with Crippen molar-refractivity contribution in [2.75, 3.05) is 12.4 Å². The predicted octanol–water partition coefficient (Wildman–Crippen LogP) is 4.77. The maximum atomic E-state index is 12.7. The van der Waals surface area contributed by atoms with Crippen molar-refractivity contribution < 1.29 is 14.3 Å². The second kappa shape index (κ2) is 8.05. The molecule has 0 saturated heterocycles. The number of benzene rings is 2. The lowest BCUT2D eigenvalue weighted by Gasteiger charge is -2.09. The summed E-state index contributed by atoms with van der Waals surface area (Å²) in [4.78, 5) is 25.9. The number of carbonyl (C=O) groups excluding carboxylic acids is 2. The van der Waals surface area contributed by atoms with Crippen LogP contribution in [-0.4, -0.2) is 18.9 Å². The van der Waals surface area contributed by atoms with Gasteiger partial charge in [-0.15, -0.1) is 11.3 Å². The minimum Gasteiger partial charge on any atom is -0.457 e. The van der Waals surface area contributed by atoms with Crippen LogP contribution in [0.25, 0.3) is 0 Å². The van der Waals surface area contributed by atoms with Crippen molar-refractivity contribution >= 4 is 28.2 Å². The fourth-order valence-corrected chi connectivity index (χ4v) is 3.67. The molecule has 2 aromatic carbocycles. The number of anilines is 1. The molecule has 0 radical (unpaired) electrons. The Labute approximate surface area is 162 Å². The first kappa shape index (κ1) is 18.7. The lowest BCUT2D eigenvalue weighted by atomic mass is 10.1. The van der Waals surface area contributed by atoms with Gasteiger partial charge in [-0.25, -0.2) is 0 Å². The summed E-state index contributed by atoms with van der Waals surface area (Å²) in [6.07, 6.45) is 0. The highest BCUT2D eigenvalue weighted by atomic mass is 32.1. The molecule has 0 atom stereocenters. The third-order valence-electron chi connectivity index (χ3n) is 4.14. The fourth-order valence-electron chi connectivity index (χ4n) is 2.61. The Morgan fingerprint density at radius 1 is 0.926 bits per heavy atom. The monoisotopic (exact) mass is 380 g/mol. The van der Waals surface area contributed by atoms with Gasteiger partial charge in [-0.1, -0.05) is 24.3 Å². The molecule has 2 N–H and O–H groups in total. The van der Waals surface area contributed by atoms with E-state index >= 15 is 0 Å². The van der Waals surface area contributed by atoms with Gasteiger partial charge in [0.25, 0.3) is 11.8 Å². The minimum atomic E-state index is -0.292. The number of carbonyl (C=O) groups is 2. The van der Waals surface area contributed by atoms with Crippen molar-refractivity contribution in [1.82, 2.24) is 5.32 Å². The number of para-hydroxylation sites is 1. The van der Waals surface area contributed by atoms with E-state index < -0.39 is 0 Å². The number of hydrogen-bond acceptors (Lipinski definition) is 4. The van der Waals surface area contributed by atoms with Gasteiger partial charge in [-0.3, -0.25) is 9.59 Å². The van der Waals surface area contributed by atoms with Crippen LogP contribution in [0.1, 0.15) is 31.2 Å². The summed E-state index contributed by atoms with van der Waals surface area (Å²) in [6, 6.07) is 16.3. The first-order valence-corrected chi connectivity index (χ1v) is 9.27. The highest BCUT2D eigenvalue weighted by Crippen LogP contribution is 2.33. The van der Waals surface area contributed by atoms with Crippen LogP contribution in [0.4, 0.5) is 5.00 Å². The maximum absolute atomic E-state index is 12.7. The first-order chi connectivity index (χ1) is 13.0. The van der Waals surface area contributed by atoms with Crippen LogP contribution in [0.2, 0.25) is 0 Å². The van der Waals surface area contributed by atoms with Crippen LogP contribution in [0.5, 0.6) is 11.5 Å². The number of nitrogens with one attached hydrogen (secondary N) is 2. The molecule has 27 heavy (non-hydrogen) atoms. The molecular weight excluding hydrogens is 360 g/mol. The van der Waals surface area contributed by atoms with Crippen molar-refractivity contribution in [3.05, 3.63) is 76.2 Å². The summed E-state index contributed by atoms with van der Waals surface area (Å²) in [5.41, 5.74) is 1.83. The van der Waals surface area contributed by atoms with Gasteiger partial charge in [0.15, 0.2) is 0 Å². The van der Waals surface area contributed by atoms with Crippen LogP contribution in [0.15, 0.2) is 54.6 Å². The second-order valence-electron chi connectivity index (χ2n) is 5.96. The average molecular weight is 380 g/mol. The summed E-state index contributed by atoms with van der Waals surface area (Å²) in [5.74, 6) is 0.758. The number of ether oxygens (including phenoxy) is 1. The van der Waals surface area contributed by atoms with Crippen molar-refractivity contribution in [3.63, 3.8) is 0 Å². The van der Waals surface area contributed by atoms with E-state index in [0.29, 0.717) is 27.6 Å². The predicted molar refractivity (Wildman–Crippen MR) is 108 cm³/mol. The van der Waals surface area contributed by atoms with Crippen LogP contribution in [-0.2, 0) is 0 Å². The smallest absolute Gasteiger partial charge is 0.256 e. The molecule has 0 spiro atoms. The standard InChI is InChI=1S/C21H20N2O3S/c1-13-14(2)27-21(18(13)20(25)22-3)23-19(24)15-8-7-11-17(12-15)26-16-9-5-4-6-10-16/h4-12H,1-3H3,(H,22,25)(H,23,24). The number of rotatable bonds is 5. The van der Waals surface area contributed by atoms with Gasteiger partial charge >= 0.3 is 0 Å². The highest BCUT2D eigenvalue weighted by molar-refractivity contribution is 7.16. The topological polar surface area (TPSA) is 67.4 Å². The normalized spacial score (nSPS) is 10.3. The van der Waals surface area contributed by atoms with E-state index in [1.165, 1.54) is 11.3 Å². The molecule has 3 rings (SSSR count). The molecule has 0 saturated carbocycles. The fraction of sp³-hybridized carbons (Fsp3) is 0.143. The Balaban J connectivity index is 1.82. The summed E-state index contributed by atoms with van der Waals surface area (Å²) in [5, 5.41) is 6.02. The Bertz CT molecular complexity index is 980. The summed E-state index contributed by atoms with van der Waals surface area (Å²) >= 11 is 1.39. The van der Waals surface area contributed by atoms with Gasteiger partial charge < -0.3 is 15.4 Å². The molecule has 0 bridgehead atoms. The molecule has 3 aromatic rings. The molecule has 0 unspecified atom stereocenters. The van der Waals surface area contributed by atoms with Gasteiger partial charge in [0.1, 0.15) is 16.5 Å². The first-order valence-electron chi connectivity index (χ1n) is 8.46. The quantitative estimate of drug-likeness (QED) is 0.670. The molecule has 0 aliphatic rings. The Morgan fingerprint density at radius 2 is 1.63 bits per heavy atom. The van der Waals surface area contributed by atoms with Gasteiger partial charge in [-0.05, 0) is 49.7 Å². The molecular formula is C21H20N2O3S. The van der Waals surface area contributed by atoms with Crippen molar-refractivity contribution in [3.8, 4) is 11.5 Å². The lowest BCUT2D eigenvalue weighted by molar-refractivity contribution is 0.0963. The van der Waals surface area contributed by atoms with E-state index in [-0.39, 0.29) is 11.8 Å². The average Bonchev–Trinajstić information content (AvgIpc) is 2.95. The molecule has 138 valence electrons. The van der Waals surface area contributed by atoms with Gasteiger partial charge in [0, 0.05) is 17.5 Å². The maximum Gasteiger partial charge on any atom is 0.256 e. The number of amides is 2. The van der Waals surface area contributed by atoms with Gasteiger partial charge in [0.05, 0.1) is 5.56 Å². The van der Waals surface area contributed by atoms with Crippen molar-refractivity contribution in [1.29, 1.82) is 0 Å². The minimum absolute atomic E-state index is 0.215. The Hall–Kier alpha value is -3.12. The zero-order valence-corrected chi connectivity index (χ0v) is 16.1. The Morgan fingerprint density at radius 3 is 2.33 bits per heavy atom. The third-order valence-corrected chi connectivity index (χ3v) is 5.26. The van der Waals surface area contributed by atoms with E-state index in [4.69, 9.17) is 4.74 Å². The summed E-state index contributed by atoms with van der Waals surface area (Å²) in [6.45, 7) is 3.80. The molecule has 1 heterocycles. The van der Waals surface area contributed by atoms with E-state index in [1.807, 2.05) is 44.2 Å². The molecule has 5 nitrogen and oxygen atoms in total. The van der Waals surface area contributed by atoms with Gasteiger partial charge in [0.2, 0.25) is 0 Å². The second-order valence-corrected chi connectivity index (χ2v) is 7.19. The number of aryl methyl sites for hydroxylation is 1. The zero-order valence-electron chi connectivity index (χ0n) is 15.3. The molecule has 2 amide bonds. The number of thiophene rings is 1. The summed E-state index contributed by atoms with van der Waals surface area (Å²) in [7, 11) is 1.57. The van der Waals surface area contributed by atoms with Crippen LogP contribution in [0, 0.1) is 13.8 Å². The van der Waals surface area contributed by atoms with Crippen LogP contribution >= 0.6 is 11.3 Å². The van der Waals surface area contributed by atoms with E-state index in [0.717, 1.165) is 10.4 Å². The molecule has 1 aromatic heterocycles. The van der Waals surface area contributed by atoms with Gasteiger partial charge in [-0.2, -0.15) is 0 Å². The third kappa shape index (κ3) is 4.17. The molecule has 6 heteroatoms. The van der Waals surface area contributed by atoms with E-state index in [9.17, 15) is 9.59 Å². The largest absolute Gasteiger partial charge is 0.457 e. The lowest BCUT2D eigenvalue weighted by Crippen LogP contribution is -2.21.